The third-order valence-corrected chi connectivity index (χ3v) is 3.01. The normalized spacial score (nSPS) is 12.9. The van der Waals surface area contributed by atoms with Gasteiger partial charge in [0, 0.05) is 5.02 Å². The Hall–Kier alpha value is -0.490. The van der Waals surface area contributed by atoms with Gasteiger partial charge in [-0.05, 0) is 42.0 Å². The van der Waals surface area contributed by atoms with Gasteiger partial charge in [-0.3, -0.25) is 0 Å². The van der Waals surface area contributed by atoms with Crippen molar-refractivity contribution in [3.63, 3.8) is 0 Å². The maximum atomic E-state index is 6.02. The Balaban J connectivity index is 3.02. The highest BCUT2D eigenvalue weighted by molar-refractivity contribution is 6.30. The molecule has 1 atom stereocenters. The first-order valence-corrected chi connectivity index (χ1v) is 5.85. The SMILES string of the molecule is CCCc1ccc(Cl)cc1C(C)CC. The number of hydrogen-bond donors (Lipinski definition) is 0. The van der Waals surface area contributed by atoms with Gasteiger partial charge in [-0.2, -0.15) is 0 Å². The maximum Gasteiger partial charge on any atom is 0.0409 e. The summed E-state index contributed by atoms with van der Waals surface area (Å²) in [6.07, 6.45) is 3.54. The van der Waals surface area contributed by atoms with E-state index in [0.29, 0.717) is 5.92 Å². The summed E-state index contributed by atoms with van der Waals surface area (Å²) in [4.78, 5) is 0. The molecule has 0 nitrogen and oxygen atoms in total. The average Bonchev–Trinajstić information content (AvgIpc) is 2.20. The highest BCUT2D eigenvalue weighted by Gasteiger charge is 2.08. The number of aryl methyl sites for hydroxylation is 1. The molecule has 78 valence electrons. The van der Waals surface area contributed by atoms with Crippen molar-refractivity contribution in [2.45, 2.75) is 46.0 Å². The lowest BCUT2D eigenvalue weighted by Crippen LogP contribution is -1.98. The fourth-order valence-electron chi connectivity index (χ4n) is 1.74. The van der Waals surface area contributed by atoms with Crippen LogP contribution in [-0.4, -0.2) is 0 Å². The zero-order chi connectivity index (χ0) is 10.6. The van der Waals surface area contributed by atoms with Crippen LogP contribution < -0.4 is 0 Å². The maximum absolute atomic E-state index is 6.02. The van der Waals surface area contributed by atoms with Crippen LogP contribution in [0.2, 0.25) is 5.02 Å². The standard InChI is InChI=1S/C13H19Cl/c1-4-6-11-7-8-12(14)9-13(11)10(3)5-2/h7-10H,4-6H2,1-3H3. The van der Waals surface area contributed by atoms with Crippen LogP contribution in [0.25, 0.3) is 0 Å². The van der Waals surface area contributed by atoms with E-state index in [1.807, 2.05) is 6.07 Å². The fourth-order valence-corrected chi connectivity index (χ4v) is 1.92. The van der Waals surface area contributed by atoms with Gasteiger partial charge in [-0.25, -0.2) is 0 Å². The molecule has 1 rings (SSSR count). The number of rotatable bonds is 4. The highest BCUT2D eigenvalue weighted by atomic mass is 35.5. The molecule has 14 heavy (non-hydrogen) atoms. The van der Waals surface area contributed by atoms with Crippen LogP contribution in [0.4, 0.5) is 0 Å². The van der Waals surface area contributed by atoms with Gasteiger partial charge < -0.3 is 0 Å². The molecule has 0 N–H and O–H groups in total. The van der Waals surface area contributed by atoms with Gasteiger partial charge in [0.25, 0.3) is 0 Å². The van der Waals surface area contributed by atoms with E-state index in [9.17, 15) is 0 Å². The van der Waals surface area contributed by atoms with Crippen molar-refractivity contribution in [1.29, 1.82) is 0 Å². The topological polar surface area (TPSA) is 0 Å². The summed E-state index contributed by atoms with van der Waals surface area (Å²) >= 11 is 6.02. The van der Waals surface area contributed by atoms with Crippen LogP contribution in [0, 0.1) is 0 Å². The molecule has 0 saturated carbocycles. The average molecular weight is 211 g/mol. The summed E-state index contributed by atoms with van der Waals surface area (Å²) < 4.78 is 0. The molecule has 1 aromatic carbocycles. The molecule has 0 heterocycles. The van der Waals surface area contributed by atoms with Crippen LogP contribution in [0.3, 0.4) is 0 Å². The van der Waals surface area contributed by atoms with Crippen molar-refractivity contribution in [1.82, 2.24) is 0 Å². The van der Waals surface area contributed by atoms with E-state index >= 15 is 0 Å². The zero-order valence-corrected chi connectivity index (χ0v) is 10.1. The van der Waals surface area contributed by atoms with Crippen molar-refractivity contribution in [2.75, 3.05) is 0 Å². The van der Waals surface area contributed by atoms with Gasteiger partial charge in [0.15, 0.2) is 0 Å². The minimum absolute atomic E-state index is 0.621. The van der Waals surface area contributed by atoms with E-state index in [-0.39, 0.29) is 0 Å². The molecule has 0 spiro atoms. The first-order chi connectivity index (χ1) is 6.69. The molecular weight excluding hydrogens is 192 g/mol. The molecule has 0 fully saturated rings. The van der Waals surface area contributed by atoms with Gasteiger partial charge in [-0.15, -0.1) is 0 Å². The minimum atomic E-state index is 0.621. The third-order valence-electron chi connectivity index (χ3n) is 2.77. The number of halogens is 1. The van der Waals surface area contributed by atoms with Gasteiger partial charge in [0.2, 0.25) is 0 Å². The van der Waals surface area contributed by atoms with Crippen molar-refractivity contribution < 1.29 is 0 Å². The first kappa shape index (κ1) is 11.6. The minimum Gasteiger partial charge on any atom is -0.0843 e. The second-order valence-electron chi connectivity index (χ2n) is 3.90. The summed E-state index contributed by atoms with van der Waals surface area (Å²) in [6, 6.07) is 6.30. The molecule has 0 aliphatic carbocycles. The summed E-state index contributed by atoms with van der Waals surface area (Å²) in [5, 5.41) is 0.861. The largest absolute Gasteiger partial charge is 0.0843 e. The molecule has 0 radical (unpaired) electrons. The van der Waals surface area contributed by atoms with Crippen LogP contribution in [-0.2, 0) is 6.42 Å². The van der Waals surface area contributed by atoms with Crippen molar-refractivity contribution in [3.05, 3.63) is 34.3 Å². The molecule has 0 saturated heterocycles. The molecule has 0 aromatic heterocycles. The van der Waals surface area contributed by atoms with Crippen LogP contribution >= 0.6 is 11.6 Å². The lowest BCUT2D eigenvalue weighted by Gasteiger charge is -2.14. The third kappa shape index (κ3) is 2.75. The van der Waals surface area contributed by atoms with E-state index in [2.05, 4.69) is 32.9 Å². The predicted molar refractivity (Wildman–Crippen MR) is 64.2 cm³/mol. The molecule has 0 amide bonds. The Morgan fingerprint density at radius 3 is 2.57 bits per heavy atom. The Labute approximate surface area is 92.3 Å². The van der Waals surface area contributed by atoms with E-state index in [0.717, 1.165) is 11.4 Å². The Morgan fingerprint density at radius 1 is 1.29 bits per heavy atom. The Kier molecular flexibility index (Phi) is 4.47. The molecule has 1 heteroatoms. The Morgan fingerprint density at radius 2 is 2.00 bits per heavy atom. The monoisotopic (exact) mass is 210 g/mol. The number of benzene rings is 1. The quantitative estimate of drug-likeness (QED) is 0.670. The second kappa shape index (κ2) is 5.41. The van der Waals surface area contributed by atoms with Crippen LogP contribution in [0.1, 0.15) is 50.7 Å². The smallest absolute Gasteiger partial charge is 0.0409 e. The van der Waals surface area contributed by atoms with Gasteiger partial charge in [-0.1, -0.05) is 44.9 Å². The molecule has 0 aliphatic heterocycles. The summed E-state index contributed by atoms with van der Waals surface area (Å²) in [5.41, 5.74) is 2.90. The summed E-state index contributed by atoms with van der Waals surface area (Å²) in [7, 11) is 0. The second-order valence-corrected chi connectivity index (χ2v) is 4.34. The summed E-state index contributed by atoms with van der Waals surface area (Å²) in [5.74, 6) is 0.621. The molecule has 0 bridgehead atoms. The first-order valence-electron chi connectivity index (χ1n) is 5.47. The molecular formula is C13H19Cl. The predicted octanol–water partition coefficient (Wildman–Crippen LogP) is 4.81. The fraction of sp³-hybridized carbons (Fsp3) is 0.538. The van der Waals surface area contributed by atoms with E-state index in [4.69, 9.17) is 11.6 Å². The highest BCUT2D eigenvalue weighted by Crippen LogP contribution is 2.26. The lowest BCUT2D eigenvalue weighted by molar-refractivity contribution is 0.718. The van der Waals surface area contributed by atoms with Gasteiger partial charge in [0.05, 0.1) is 0 Å². The zero-order valence-electron chi connectivity index (χ0n) is 9.31. The van der Waals surface area contributed by atoms with Crippen LogP contribution in [0.5, 0.6) is 0 Å². The summed E-state index contributed by atoms with van der Waals surface area (Å²) in [6.45, 7) is 6.71. The Bertz CT molecular complexity index is 291. The van der Waals surface area contributed by atoms with Crippen LogP contribution in [0.15, 0.2) is 18.2 Å². The molecule has 0 aliphatic rings. The van der Waals surface area contributed by atoms with E-state index in [1.54, 1.807) is 0 Å². The molecule has 1 aromatic rings. The number of hydrogen-bond acceptors (Lipinski definition) is 0. The van der Waals surface area contributed by atoms with Gasteiger partial charge >= 0.3 is 0 Å². The molecule has 1 unspecified atom stereocenters. The van der Waals surface area contributed by atoms with Crippen molar-refractivity contribution in [3.8, 4) is 0 Å². The van der Waals surface area contributed by atoms with E-state index in [1.165, 1.54) is 24.0 Å². The lowest BCUT2D eigenvalue weighted by atomic mass is 9.92. The van der Waals surface area contributed by atoms with E-state index < -0.39 is 0 Å². The van der Waals surface area contributed by atoms with Crippen molar-refractivity contribution in [2.24, 2.45) is 0 Å². The van der Waals surface area contributed by atoms with Gasteiger partial charge in [0.1, 0.15) is 0 Å². The van der Waals surface area contributed by atoms with Crippen molar-refractivity contribution >= 4 is 11.6 Å².